The van der Waals surface area contributed by atoms with E-state index >= 15 is 0 Å². The van der Waals surface area contributed by atoms with Gasteiger partial charge in [-0.1, -0.05) is 0 Å². The van der Waals surface area contributed by atoms with Gasteiger partial charge < -0.3 is 15.4 Å². The average Bonchev–Trinajstić information content (AvgIpc) is 2.22. The number of halogens is 2. The summed E-state index contributed by atoms with van der Waals surface area (Å²) in [6.07, 6.45) is 0.0361. The van der Waals surface area contributed by atoms with E-state index in [0.717, 1.165) is 6.07 Å². The van der Waals surface area contributed by atoms with Crippen molar-refractivity contribution in [3.05, 3.63) is 23.8 Å². The molecule has 0 unspecified atom stereocenters. The van der Waals surface area contributed by atoms with Crippen LogP contribution in [0.3, 0.4) is 0 Å². The quantitative estimate of drug-likeness (QED) is 0.767. The van der Waals surface area contributed by atoms with Gasteiger partial charge in [0.15, 0.2) is 5.82 Å². The lowest BCUT2D eigenvalue weighted by Crippen LogP contribution is -2.45. The van der Waals surface area contributed by atoms with Gasteiger partial charge in [-0.2, -0.15) is 0 Å². The van der Waals surface area contributed by atoms with Crippen LogP contribution in [0, 0.1) is 11.6 Å². The first-order chi connectivity index (χ1) is 7.97. The second kappa shape index (κ2) is 4.49. The van der Waals surface area contributed by atoms with E-state index in [2.05, 4.69) is 0 Å². The van der Waals surface area contributed by atoms with Crippen molar-refractivity contribution in [1.82, 2.24) is 0 Å². The van der Waals surface area contributed by atoms with Gasteiger partial charge in [0.1, 0.15) is 5.82 Å². The normalized spacial score (nSPS) is 25.1. The number of hydrogen-bond donors (Lipinski definition) is 1. The highest BCUT2D eigenvalue weighted by molar-refractivity contribution is 5.68. The Kier molecular flexibility index (Phi) is 3.19. The molecule has 5 heteroatoms. The molecule has 1 aromatic carbocycles. The zero-order valence-electron chi connectivity index (χ0n) is 9.91. The minimum atomic E-state index is -0.716. The number of nitrogens with two attached hydrogens (primary N) is 1. The van der Waals surface area contributed by atoms with Gasteiger partial charge in [-0.3, -0.25) is 0 Å². The Morgan fingerprint density at radius 1 is 1.24 bits per heavy atom. The first-order valence-corrected chi connectivity index (χ1v) is 5.62. The maximum Gasteiger partial charge on any atom is 0.151 e. The van der Waals surface area contributed by atoms with Crippen molar-refractivity contribution in [3.8, 4) is 0 Å². The fourth-order valence-electron chi connectivity index (χ4n) is 2.21. The van der Waals surface area contributed by atoms with Gasteiger partial charge in [-0.25, -0.2) is 8.78 Å². The van der Waals surface area contributed by atoms with Crippen LogP contribution in [0.5, 0.6) is 0 Å². The Bertz CT molecular complexity index is 415. The summed E-state index contributed by atoms with van der Waals surface area (Å²) in [4.78, 5) is 1.86. The predicted octanol–water partition coefficient (Wildman–Crippen LogP) is 2.16. The minimum Gasteiger partial charge on any atom is -0.395 e. The monoisotopic (exact) mass is 242 g/mol. The van der Waals surface area contributed by atoms with Crippen molar-refractivity contribution >= 4 is 11.4 Å². The van der Waals surface area contributed by atoms with Gasteiger partial charge in [0.25, 0.3) is 0 Å². The SMILES string of the molecule is C[C@@H]1CN(c2cc(F)cc(F)c2N)C[C@H](C)O1. The topological polar surface area (TPSA) is 38.5 Å². The summed E-state index contributed by atoms with van der Waals surface area (Å²) >= 11 is 0. The van der Waals surface area contributed by atoms with Crippen LogP contribution < -0.4 is 10.6 Å². The molecule has 3 nitrogen and oxygen atoms in total. The van der Waals surface area contributed by atoms with E-state index in [4.69, 9.17) is 10.5 Å². The van der Waals surface area contributed by atoms with Gasteiger partial charge in [0, 0.05) is 19.2 Å². The molecule has 1 heterocycles. The van der Waals surface area contributed by atoms with Crippen LogP contribution in [-0.2, 0) is 4.74 Å². The number of morpholine rings is 1. The van der Waals surface area contributed by atoms with Crippen molar-refractivity contribution in [2.45, 2.75) is 26.1 Å². The molecule has 1 aliphatic rings. The highest BCUT2D eigenvalue weighted by atomic mass is 19.1. The lowest BCUT2D eigenvalue weighted by molar-refractivity contribution is -0.00520. The molecule has 0 saturated carbocycles. The van der Waals surface area contributed by atoms with E-state index in [-0.39, 0.29) is 17.9 Å². The van der Waals surface area contributed by atoms with Crippen molar-refractivity contribution in [1.29, 1.82) is 0 Å². The molecular formula is C12H16F2N2O. The summed E-state index contributed by atoms with van der Waals surface area (Å²) in [5.41, 5.74) is 6.05. The summed E-state index contributed by atoms with van der Waals surface area (Å²) in [7, 11) is 0. The molecule has 0 radical (unpaired) electrons. The Hall–Kier alpha value is -1.36. The molecule has 94 valence electrons. The van der Waals surface area contributed by atoms with Crippen molar-refractivity contribution in [2.24, 2.45) is 0 Å². The number of nitrogen functional groups attached to an aromatic ring is 1. The Balaban J connectivity index is 2.33. The number of nitrogens with zero attached hydrogens (tertiary/aromatic N) is 1. The third-order valence-corrected chi connectivity index (χ3v) is 2.83. The lowest BCUT2D eigenvalue weighted by Gasteiger charge is -2.37. The maximum atomic E-state index is 13.4. The summed E-state index contributed by atoms with van der Waals surface area (Å²) < 4.78 is 32.1. The van der Waals surface area contributed by atoms with Crippen molar-refractivity contribution in [2.75, 3.05) is 23.7 Å². The van der Waals surface area contributed by atoms with Gasteiger partial charge in [-0.05, 0) is 19.9 Å². The smallest absolute Gasteiger partial charge is 0.151 e. The molecule has 2 atom stereocenters. The molecule has 1 aromatic rings. The van der Waals surface area contributed by atoms with Crippen LogP contribution in [0.25, 0.3) is 0 Å². The van der Waals surface area contributed by atoms with Crippen LogP contribution in [-0.4, -0.2) is 25.3 Å². The van der Waals surface area contributed by atoms with Crippen LogP contribution >= 0.6 is 0 Å². The van der Waals surface area contributed by atoms with E-state index < -0.39 is 11.6 Å². The van der Waals surface area contributed by atoms with E-state index in [9.17, 15) is 8.78 Å². The third kappa shape index (κ3) is 2.49. The second-order valence-electron chi connectivity index (χ2n) is 4.48. The largest absolute Gasteiger partial charge is 0.395 e. The zero-order valence-corrected chi connectivity index (χ0v) is 9.91. The van der Waals surface area contributed by atoms with Crippen LogP contribution in [0.2, 0.25) is 0 Å². The molecular weight excluding hydrogens is 226 g/mol. The van der Waals surface area contributed by atoms with E-state index in [1.54, 1.807) is 0 Å². The van der Waals surface area contributed by atoms with Gasteiger partial charge in [0.05, 0.1) is 23.6 Å². The molecule has 0 aliphatic carbocycles. The first kappa shape index (κ1) is 12.1. The molecule has 0 spiro atoms. The molecule has 0 aromatic heterocycles. The highest BCUT2D eigenvalue weighted by Crippen LogP contribution is 2.29. The van der Waals surface area contributed by atoms with Gasteiger partial charge >= 0.3 is 0 Å². The summed E-state index contributed by atoms with van der Waals surface area (Å²) in [6.45, 7) is 5.01. The first-order valence-electron chi connectivity index (χ1n) is 5.62. The lowest BCUT2D eigenvalue weighted by atomic mass is 10.1. The maximum absolute atomic E-state index is 13.4. The van der Waals surface area contributed by atoms with Crippen LogP contribution in [0.4, 0.5) is 20.2 Å². The Morgan fingerprint density at radius 2 is 1.82 bits per heavy atom. The fraction of sp³-hybridized carbons (Fsp3) is 0.500. The standard InChI is InChI=1S/C12H16F2N2O/c1-7-5-16(6-8(2)17-7)11-4-9(13)3-10(14)12(11)15/h3-4,7-8H,5-6,15H2,1-2H3/t7-,8+. The van der Waals surface area contributed by atoms with Crippen molar-refractivity contribution in [3.63, 3.8) is 0 Å². The molecule has 17 heavy (non-hydrogen) atoms. The van der Waals surface area contributed by atoms with E-state index in [1.807, 2.05) is 18.7 Å². The van der Waals surface area contributed by atoms with Gasteiger partial charge in [0.2, 0.25) is 0 Å². The minimum absolute atomic E-state index is 0.00676. The van der Waals surface area contributed by atoms with Crippen molar-refractivity contribution < 1.29 is 13.5 Å². The van der Waals surface area contributed by atoms with Crippen LogP contribution in [0.1, 0.15) is 13.8 Å². The number of benzene rings is 1. The summed E-state index contributed by atoms with van der Waals surface area (Å²) in [5, 5.41) is 0. The number of anilines is 2. The summed E-state index contributed by atoms with van der Waals surface area (Å²) in [5.74, 6) is -1.33. The number of ether oxygens (including phenoxy) is 1. The second-order valence-corrected chi connectivity index (χ2v) is 4.48. The van der Waals surface area contributed by atoms with Gasteiger partial charge in [-0.15, -0.1) is 0 Å². The number of hydrogen-bond acceptors (Lipinski definition) is 3. The molecule has 1 aliphatic heterocycles. The zero-order chi connectivity index (χ0) is 12.6. The molecule has 1 fully saturated rings. The van der Waals surface area contributed by atoms with E-state index in [0.29, 0.717) is 18.8 Å². The summed E-state index contributed by atoms with van der Waals surface area (Å²) in [6, 6.07) is 2.06. The highest BCUT2D eigenvalue weighted by Gasteiger charge is 2.24. The Labute approximate surface area is 99.2 Å². The predicted molar refractivity (Wildman–Crippen MR) is 63.0 cm³/mol. The molecule has 2 rings (SSSR count). The molecule has 2 N–H and O–H groups in total. The number of rotatable bonds is 1. The third-order valence-electron chi connectivity index (χ3n) is 2.83. The molecule has 1 saturated heterocycles. The average molecular weight is 242 g/mol. The van der Waals surface area contributed by atoms with E-state index in [1.165, 1.54) is 6.07 Å². The molecule has 0 amide bonds. The fourth-order valence-corrected chi connectivity index (χ4v) is 2.21. The van der Waals surface area contributed by atoms with Crippen LogP contribution in [0.15, 0.2) is 12.1 Å². The Morgan fingerprint density at radius 3 is 2.41 bits per heavy atom. The molecule has 0 bridgehead atoms.